The Bertz CT molecular complexity index is 438. The van der Waals surface area contributed by atoms with Crippen LogP contribution in [0.2, 0.25) is 0 Å². The van der Waals surface area contributed by atoms with Gasteiger partial charge in [-0.1, -0.05) is 0 Å². The molecule has 3 nitrogen and oxygen atoms in total. The third kappa shape index (κ3) is 2.56. The first-order valence-electron chi connectivity index (χ1n) is 4.41. The number of carboxylic acid groups (broad SMARTS) is 1. The minimum Gasteiger partial charge on any atom is -0.483 e. The van der Waals surface area contributed by atoms with Crippen molar-refractivity contribution in [1.82, 2.24) is 4.98 Å². The van der Waals surface area contributed by atoms with E-state index >= 15 is 0 Å². The maximum Gasteiger partial charge on any atom is 0.290 e. The number of carbonyl (C=O) groups is 1. The summed E-state index contributed by atoms with van der Waals surface area (Å²) in [4.78, 5) is 11.4. The lowest BCUT2D eigenvalue weighted by Gasteiger charge is -1.94. The van der Waals surface area contributed by atoms with Crippen LogP contribution < -0.4 is 0 Å². The lowest BCUT2D eigenvalue weighted by atomic mass is 10.2. The molecule has 0 atom stereocenters. The number of hydrogen-bond acceptors (Lipinski definition) is 1. The van der Waals surface area contributed by atoms with Gasteiger partial charge in [-0.25, -0.2) is 4.39 Å². The summed E-state index contributed by atoms with van der Waals surface area (Å²) < 4.78 is 13.0. The highest BCUT2D eigenvalue weighted by Gasteiger charge is 2.01. The van der Waals surface area contributed by atoms with Gasteiger partial charge in [-0.3, -0.25) is 4.79 Å². The van der Waals surface area contributed by atoms with Crippen LogP contribution in [-0.4, -0.2) is 16.6 Å². The highest BCUT2D eigenvalue weighted by molar-refractivity contribution is 5.81. The predicted octanol–water partition coefficient (Wildman–Crippen LogP) is 2.62. The van der Waals surface area contributed by atoms with Crippen LogP contribution in [0.3, 0.4) is 0 Å². The zero-order valence-electron chi connectivity index (χ0n) is 8.54. The summed E-state index contributed by atoms with van der Waals surface area (Å²) in [7, 11) is 0. The van der Waals surface area contributed by atoms with E-state index in [-0.39, 0.29) is 12.3 Å². The van der Waals surface area contributed by atoms with Gasteiger partial charge in [-0.05, 0) is 37.6 Å². The van der Waals surface area contributed by atoms with E-state index in [9.17, 15) is 4.39 Å². The van der Waals surface area contributed by atoms with E-state index in [1.54, 1.807) is 6.92 Å². The van der Waals surface area contributed by atoms with Crippen molar-refractivity contribution in [1.29, 1.82) is 0 Å². The minimum absolute atomic E-state index is 0.149. The van der Waals surface area contributed by atoms with Gasteiger partial charge in [0.2, 0.25) is 0 Å². The molecule has 4 heteroatoms. The first-order valence-corrected chi connectivity index (χ1v) is 4.41. The molecular weight excluding hydrogens is 197 g/mol. The molecule has 80 valence electrons. The second-order valence-corrected chi connectivity index (χ2v) is 3.25. The SMILES string of the molecule is Cc1cc2cc(C)c(F)cc2[nH]1.O=CO. The number of H-pyrrole nitrogens is 1. The molecule has 0 saturated carbocycles. The van der Waals surface area contributed by atoms with E-state index in [1.165, 1.54) is 6.07 Å². The normalized spacial score (nSPS) is 9.53. The van der Waals surface area contributed by atoms with E-state index in [4.69, 9.17) is 9.90 Å². The van der Waals surface area contributed by atoms with Crippen molar-refractivity contribution in [3.8, 4) is 0 Å². The molecule has 0 radical (unpaired) electrons. The van der Waals surface area contributed by atoms with E-state index in [2.05, 4.69) is 4.98 Å². The minimum atomic E-state index is -0.250. The summed E-state index contributed by atoms with van der Waals surface area (Å²) in [5.41, 5.74) is 2.63. The number of aromatic nitrogens is 1. The molecule has 15 heavy (non-hydrogen) atoms. The van der Waals surface area contributed by atoms with Crippen LogP contribution in [0, 0.1) is 19.7 Å². The molecule has 0 aliphatic rings. The van der Waals surface area contributed by atoms with E-state index in [0.29, 0.717) is 5.56 Å². The van der Waals surface area contributed by atoms with Crippen molar-refractivity contribution in [3.63, 3.8) is 0 Å². The quantitative estimate of drug-likeness (QED) is 0.655. The van der Waals surface area contributed by atoms with Crippen LogP contribution >= 0.6 is 0 Å². The van der Waals surface area contributed by atoms with Gasteiger partial charge in [0.05, 0.1) is 0 Å². The average Bonchev–Trinajstić information content (AvgIpc) is 2.47. The molecule has 2 rings (SSSR count). The first kappa shape index (κ1) is 11.2. The first-order chi connectivity index (χ1) is 7.08. The summed E-state index contributed by atoms with van der Waals surface area (Å²) in [6.45, 7) is 3.49. The molecular formula is C11H12FNO2. The van der Waals surface area contributed by atoms with Crippen LogP contribution in [0.15, 0.2) is 18.2 Å². The molecule has 0 bridgehead atoms. The lowest BCUT2D eigenvalue weighted by Crippen LogP contribution is -1.80. The molecule has 0 aliphatic carbocycles. The zero-order chi connectivity index (χ0) is 11.4. The third-order valence-corrected chi connectivity index (χ3v) is 2.03. The average molecular weight is 209 g/mol. The molecule has 0 aliphatic heterocycles. The molecule has 0 spiro atoms. The number of halogens is 1. The fourth-order valence-electron chi connectivity index (χ4n) is 1.41. The fraction of sp³-hybridized carbons (Fsp3) is 0.182. The van der Waals surface area contributed by atoms with E-state index < -0.39 is 0 Å². The van der Waals surface area contributed by atoms with Crippen molar-refractivity contribution in [2.45, 2.75) is 13.8 Å². The van der Waals surface area contributed by atoms with Gasteiger partial charge in [0.15, 0.2) is 0 Å². The highest BCUT2D eigenvalue weighted by Crippen LogP contribution is 2.18. The molecule has 0 saturated heterocycles. The summed E-state index contributed by atoms with van der Waals surface area (Å²) in [5, 5.41) is 7.96. The van der Waals surface area contributed by atoms with E-state index in [0.717, 1.165) is 16.6 Å². The van der Waals surface area contributed by atoms with E-state index in [1.807, 2.05) is 19.1 Å². The largest absolute Gasteiger partial charge is 0.483 e. The van der Waals surface area contributed by atoms with Crippen molar-refractivity contribution in [2.75, 3.05) is 0 Å². The van der Waals surface area contributed by atoms with Gasteiger partial charge in [0.1, 0.15) is 5.82 Å². The van der Waals surface area contributed by atoms with Crippen molar-refractivity contribution in [3.05, 3.63) is 35.3 Å². The Labute approximate surface area is 86.5 Å². The number of hydrogen-bond donors (Lipinski definition) is 2. The maximum absolute atomic E-state index is 13.0. The number of fused-ring (bicyclic) bond motifs is 1. The van der Waals surface area contributed by atoms with Crippen LogP contribution in [0.4, 0.5) is 4.39 Å². The van der Waals surface area contributed by atoms with Crippen molar-refractivity contribution in [2.24, 2.45) is 0 Å². The van der Waals surface area contributed by atoms with Gasteiger partial charge in [-0.15, -0.1) is 0 Å². The number of aromatic amines is 1. The second-order valence-electron chi connectivity index (χ2n) is 3.25. The smallest absolute Gasteiger partial charge is 0.290 e. The molecule has 1 aromatic heterocycles. The van der Waals surface area contributed by atoms with Crippen molar-refractivity contribution >= 4 is 17.4 Å². The van der Waals surface area contributed by atoms with Crippen LogP contribution in [0.5, 0.6) is 0 Å². The summed E-state index contributed by atoms with van der Waals surface area (Å²) in [6.07, 6.45) is 0. The summed E-state index contributed by atoms with van der Waals surface area (Å²) in [5.74, 6) is -0.149. The molecule has 1 aromatic carbocycles. The number of benzene rings is 1. The van der Waals surface area contributed by atoms with Crippen LogP contribution in [0.1, 0.15) is 11.3 Å². The molecule has 0 unspecified atom stereocenters. The Morgan fingerprint density at radius 1 is 1.33 bits per heavy atom. The standard InChI is InChI=1S/C10H10FN.CH2O2/c1-6-3-8-4-7(2)12-10(8)5-9(6)11;2-1-3/h3-5,12H,1-2H3;1H,(H,2,3). The monoisotopic (exact) mass is 209 g/mol. The zero-order valence-corrected chi connectivity index (χ0v) is 8.54. The molecule has 0 fully saturated rings. The Kier molecular flexibility index (Phi) is 3.44. The van der Waals surface area contributed by atoms with Gasteiger partial charge in [0.25, 0.3) is 6.47 Å². The summed E-state index contributed by atoms with van der Waals surface area (Å²) in [6, 6.07) is 5.41. The van der Waals surface area contributed by atoms with Gasteiger partial charge >= 0.3 is 0 Å². The fourth-order valence-corrected chi connectivity index (χ4v) is 1.41. The summed E-state index contributed by atoms with van der Waals surface area (Å²) >= 11 is 0. The number of aryl methyl sites for hydroxylation is 2. The topological polar surface area (TPSA) is 53.1 Å². The van der Waals surface area contributed by atoms with Crippen LogP contribution in [0.25, 0.3) is 10.9 Å². The molecule has 2 N–H and O–H groups in total. The Balaban J connectivity index is 0.000000337. The van der Waals surface area contributed by atoms with Gasteiger partial charge in [0, 0.05) is 16.6 Å². The second kappa shape index (κ2) is 4.59. The molecule has 2 aromatic rings. The predicted molar refractivity (Wildman–Crippen MR) is 56.4 cm³/mol. The van der Waals surface area contributed by atoms with Gasteiger partial charge < -0.3 is 10.1 Å². The van der Waals surface area contributed by atoms with Gasteiger partial charge in [-0.2, -0.15) is 0 Å². The highest BCUT2D eigenvalue weighted by atomic mass is 19.1. The maximum atomic E-state index is 13.0. The Morgan fingerprint density at radius 2 is 1.93 bits per heavy atom. The molecule has 1 heterocycles. The number of nitrogens with one attached hydrogen (secondary N) is 1. The molecule has 0 amide bonds. The Hall–Kier alpha value is -1.84. The Morgan fingerprint density at radius 3 is 2.53 bits per heavy atom. The number of rotatable bonds is 0. The lowest BCUT2D eigenvalue weighted by molar-refractivity contribution is -0.122. The third-order valence-electron chi connectivity index (χ3n) is 2.03. The van der Waals surface area contributed by atoms with Crippen LogP contribution in [-0.2, 0) is 4.79 Å². The van der Waals surface area contributed by atoms with Crippen molar-refractivity contribution < 1.29 is 14.3 Å².